The maximum atomic E-state index is 10.1. The predicted octanol–water partition coefficient (Wildman–Crippen LogP) is 0.481. The number of pyridine rings is 1. The lowest BCUT2D eigenvalue weighted by Crippen LogP contribution is -2.60. The van der Waals surface area contributed by atoms with E-state index in [0.29, 0.717) is 12.3 Å². The van der Waals surface area contributed by atoms with Crippen LogP contribution in [0.25, 0.3) is 11.1 Å². The standard InChI is InChI=1S/C22H25N3O6/c1-13-17(11-25(24-13)10-14-3-2-8-23-9-14)15-4-6-16(7-5-15)30-22-21(29)20(28)19(27)18(12-26)31-22/h2-9,11,18-22,26-29H,10,12H2,1H3/t18-,19-,20+,21-,22-/m1/s1. The van der Waals surface area contributed by atoms with Gasteiger partial charge in [-0.2, -0.15) is 5.10 Å². The lowest BCUT2D eigenvalue weighted by Gasteiger charge is -2.39. The van der Waals surface area contributed by atoms with E-state index in [1.807, 2.05) is 48.3 Å². The van der Waals surface area contributed by atoms with Crippen molar-refractivity contribution in [2.24, 2.45) is 0 Å². The van der Waals surface area contributed by atoms with Crippen molar-refractivity contribution in [2.75, 3.05) is 6.61 Å². The van der Waals surface area contributed by atoms with Crippen LogP contribution in [-0.4, -0.2) is 72.5 Å². The summed E-state index contributed by atoms with van der Waals surface area (Å²) >= 11 is 0. The maximum Gasteiger partial charge on any atom is 0.229 e. The summed E-state index contributed by atoms with van der Waals surface area (Å²) in [5.74, 6) is 0.411. The molecular weight excluding hydrogens is 402 g/mol. The lowest BCUT2D eigenvalue weighted by atomic mass is 9.99. The first-order valence-corrected chi connectivity index (χ1v) is 9.97. The van der Waals surface area contributed by atoms with Crippen molar-refractivity contribution in [2.45, 2.75) is 44.2 Å². The van der Waals surface area contributed by atoms with Crippen molar-refractivity contribution < 1.29 is 29.9 Å². The van der Waals surface area contributed by atoms with Gasteiger partial charge in [0.05, 0.1) is 18.8 Å². The first-order chi connectivity index (χ1) is 15.0. The van der Waals surface area contributed by atoms with Crippen LogP contribution in [0.4, 0.5) is 0 Å². The van der Waals surface area contributed by atoms with Crippen molar-refractivity contribution >= 4 is 0 Å². The third kappa shape index (κ3) is 4.60. The summed E-state index contributed by atoms with van der Waals surface area (Å²) in [7, 11) is 0. The topological polar surface area (TPSA) is 130 Å². The monoisotopic (exact) mass is 427 g/mol. The largest absolute Gasteiger partial charge is 0.462 e. The highest BCUT2D eigenvalue weighted by Gasteiger charge is 2.44. The van der Waals surface area contributed by atoms with Crippen LogP contribution >= 0.6 is 0 Å². The number of aliphatic hydroxyl groups is 4. The zero-order valence-electron chi connectivity index (χ0n) is 16.9. The van der Waals surface area contributed by atoms with Gasteiger partial charge in [0.25, 0.3) is 0 Å². The molecule has 0 amide bonds. The van der Waals surface area contributed by atoms with Crippen molar-refractivity contribution in [1.29, 1.82) is 0 Å². The molecule has 9 heteroatoms. The average Bonchev–Trinajstić information content (AvgIpc) is 3.15. The minimum Gasteiger partial charge on any atom is -0.462 e. The van der Waals surface area contributed by atoms with Crippen molar-refractivity contribution in [1.82, 2.24) is 14.8 Å². The number of hydrogen-bond donors (Lipinski definition) is 4. The molecule has 0 unspecified atom stereocenters. The van der Waals surface area contributed by atoms with Crippen LogP contribution in [0.2, 0.25) is 0 Å². The normalized spacial score (nSPS) is 26.0. The van der Waals surface area contributed by atoms with E-state index in [2.05, 4.69) is 10.1 Å². The number of aromatic nitrogens is 3. The Bertz CT molecular complexity index is 992. The quantitative estimate of drug-likeness (QED) is 0.447. The van der Waals surface area contributed by atoms with Crippen LogP contribution in [0.15, 0.2) is 55.0 Å². The molecule has 0 aliphatic carbocycles. The van der Waals surface area contributed by atoms with Gasteiger partial charge in [0.15, 0.2) is 0 Å². The SMILES string of the molecule is Cc1nn(Cc2cccnc2)cc1-c1ccc(O[C@@H]2O[C@H](CO)[C@@H](O)[C@H](O)[C@H]2O)cc1. The zero-order valence-corrected chi connectivity index (χ0v) is 16.9. The molecule has 5 atom stereocenters. The van der Waals surface area contributed by atoms with Gasteiger partial charge >= 0.3 is 0 Å². The Kier molecular flexibility index (Phi) is 6.30. The Balaban J connectivity index is 1.46. The summed E-state index contributed by atoms with van der Waals surface area (Å²) in [6.07, 6.45) is -1.09. The van der Waals surface area contributed by atoms with E-state index in [0.717, 1.165) is 22.4 Å². The third-order valence-electron chi connectivity index (χ3n) is 5.28. The fourth-order valence-electron chi connectivity index (χ4n) is 3.57. The smallest absolute Gasteiger partial charge is 0.229 e. The van der Waals surface area contributed by atoms with Gasteiger partial charge in [-0.25, -0.2) is 0 Å². The number of nitrogens with zero attached hydrogens (tertiary/aromatic N) is 3. The lowest BCUT2D eigenvalue weighted by molar-refractivity contribution is -0.277. The van der Waals surface area contributed by atoms with Crippen molar-refractivity contribution in [3.8, 4) is 16.9 Å². The molecule has 31 heavy (non-hydrogen) atoms. The van der Waals surface area contributed by atoms with E-state index in [-0.39, 0.29) is 0 Å². The highest BCUT2D eigenvalue weighted by Crippen LogP contribution is 2.28. The van der Waals surface area contributed by atoms with Gasteiger partial charge in [-0.15, -0.1) is 0 Å². The second-order valence-corrected chi connectivity index (χ2v) is 7.53. The molecule has 0 spiro atoms. The molecule has 4 rings (SSSR count). The molecule has 0 radical (unpaired) electrons. The van der Waals surface area contributed by atoms with E-state index in [9.17, 15) is 20.4 Å². The van der Waals surface area contributed by atoms with Gasteiger partial charge in [-0.1, -0.05) is 18.2 Å². The van der Waals surface area contributed by atoms with Gasteiger partial charge in [0.2, 0.25) is 6.29 Å². The first-order valence-electron chi connectivity index (χ1n) is 9.97. The van der Waals surface area contributed by atoms with Crippen LogP contribution in [-0.2, 0) is 11.3 Å². The highest BCUT2D eigenvalue weighted by atomic mass is 16.7. The van der Waals surface area contributed by atoms with Crippen LogP contribution in [0, 0.1) is 6.92 Å². The summed E-state index contributed by atoms with van der Waals surface area (Å²) in [6, 6.07) is 11.0. The number of rotatable bonds is 6. The molecule has 1 aromatic carbocycles. The summed E-state index contributed by atoms with van der Waals surface area (Å²) in [5, 5.41) is 43.7. The van der Waals surface area contributed by atoms with Crippen LogP contribution in [0.5, 0.6) is 5.75 Å². The van der Waals surface area contributed by atoms with Crippen LogP contribution < -0.4 is 4.74 Å². The predicted molar refractivity (Wildman–Crippen MR) is 110 cm³/mol. The summed E-state index contributed by atoms with van der Waals surface area (Å²) in [6.45, 7) is 2.05. The fraction of sp³-hybridized carbons (Fsp3) is 0.364. The Hall–Kier alpha value is -2.82. The minimum atomic E-state index is -1.48. The van der Waals surface area contributed by atoms with Gasteiger partial charge < -0.3 is 29.9 Å². The second-order valence-electron chi connectivity index (χ2n) is 7.53. The van der Waals surface area contributed by atoms with Gasteiger partial charge in [-0.05, 0) is 36.2 Å². The summed E-state index contributed by atoms with van der Waals surface area (Å²) in [5.41, 5.74) is 3.85. The average molecular weight is 427 g/mol. The highest BCUT2D eigenvalue weighted by molar-refractivity contribution is 5.65. The van der Waals surface area contributed by atoms with E-state index >= 15 is 0 Å². The Morgan fingerprint density at radius 3 is 2.52 bits per heavy atom. The number of aryl methyl sites for hydroxylation is 1. The summed E-state index contributed by atoms with van der Waals surface area (Å²) in [4.78, 5) is 4.12. The molecule has 1 fully saturated rings. The van der Waals surface area contributed by atoms with Gasteiger partial charge in [0.1, 0.15) is 30.2 Å². The van der Waals surface area contributed by atoms with E-state index in [1.165, 1.54) is 0 Å². The third-order valence-corrected chi connectivity index (χ3v) is 5.28. The Morgan fingerprint density at radius 1 is 1.06 bits per heavy atom. The van der Waals surface area contributed by atoms with Crippen LogP contribution in [0.3, 0.4) is 0 Å². The fourth-order valence-corrected chi connectivity index (χ4v) is 3.57. The zero-order chi connectivity index (χ0) is 22.0. The van der Waals surface area contributed by atoms with E-state index < -0.39 is 37.3 Å². The molecule has 1 aliphatic rings. The molecule has 3 aromatic rings. The Morgan fingerprint density at radius 2 is 1.84 bits per heavy atom. The molecule has 1 aliphatic heterocycles. The minimum absolute atomic E-state index is 0.411. The number of hydrogen-bond acceptors (Lipinski definition) is 8. The molecule has 0 bridgehead atoms. The molecule has 2 aromatic heterocycles. The summed E-state index contributed by atoms with van der Waals surface area (Å²) < 4.78 is 12.9. The van der Waals surface area contributed by atoms with Gasteiger partial charge in [-0.3, -0.25) is 9.67 Å². The van der Waals surface area contributed by atoms with E-state index in [1.54, 1.807) is 18.3 Å². The molecule has 4 N–H and O–H groups in total. The number of ether oxygens (including phenoxy) is 2. The second kappa shape index (κ2) is 9.13. The van der Waals surface area contributed by atoms with Crippen molar-refractivity contribution in [3.63, 3.8) is 0 Å². The van der Waals surface area contributed by atoms with Gasteiger partial charge in [0, 0.05) is 24.2 Å². The molecule has 9 nitrogen and oxygen atoms in total. The van der Waals surface area contributed by atoms with Crippen LogP contribution in [0.1, 0.15) is 11.3 Å². The molecular formula is C22H25N3O6. The van der Waals surface area contributed by atoms with E-state index in [4.69, 9.17) is 9.47 Å². The maximum absolute atomic E-state index is 10.1. The molecule has 3 heterocycles. The first kappa shape index (κ1) is 21.4. The Labute approximate surface area is 179 Å². The van der Waals surface area contributed by atoms with Crippen molar-refractivity contribution in [3.05, 3.63) is 66.2 Å². The number of benzene rings is 1. The number of aliphatic hydroxyl groups excluding tert-OH is 4. The molecule has 1 saturated heterocycles. The molecule has 164 valence electrons. The molecule has 0 saturated carbocycles.